The third-order valence-corrected chi connectivity index (χ3v) is 6.72. The molecule has 0 aliphatic carbocycles. The Labute approximate surface area is 229 Å². The number of carboxylic acids is 1. The van der Waals surface area contributed by atoms with Gasteiger partial charge in [-0.2, -0.15) is 5.26 Å². The van der Waals surface area contributed by atoms with Crippen LogP contribution in [0, 0.1) is 18.3 Å². The van der Waals surface area contributed by atoms with Crippen molar-refractivity contribution < 1.29 is 14.6 Å². The number of fused-ring (bicyclic) bond motifs is 2. The van der Waals surface area contributed by atoms with Crippen LogP contribution in [0.25, 0.3) is 11.0 Å². The number of pyridine rings is 1. The average molecular weight is 548 g/mol. The molecule has 1 aliphatic heterocycles. The van der Waals surface area contributed by atoms with E-state index in [4.69, 9.17) is 21.3 Å². The number of nitriles is 1. The third kappa shape index (κ3) is 5.32. The zero-order valence-corrected chi connectivity index (χ0v) is 22.4. The molecule has 39 heavy (non-hydrogen) atoms. The average Bonchev–Trinajstić information content (AvgIpc) is 3.12. The summed E-state index contributed by atoms with van der Waals surface area (Å²) in [5.74, 6) is 0.834. The van der Waals surface area contributed by atoms with Crippen LogP contribution in [-0.4, -0.2) is 61.1 Å². The highest BCUT2D eigenvalue weighted by molar-refractivity contribution is 6.29. The topological polar surface area (TPSA) is 155 Å². The molecule has 4 aromatic rings. The Morgan fingerprint density at radius 1 is 1.28 bits per heavy atom. The van der Waals surface area contributed by atoms with E-state index in [1.807, 2.05) is 42.5 Å². The highest BCUT2D eigenvalue weighted by atomic mass is 35.5. The zero-order valence-electron chi connectivity index (χ0n) is 21.6. The van der Waals surface area contributed by atoms with Gasteiger partial charge >= 0.3 is 5.97 Å². The molecule has 0 unspecified atom stereocenters. The number of ether oxygens (including phenoxy) is 1. The van der Waals surface area contributed by atoms with E-state index in [0.29, 0.717) is 55.3 Å². The van der Waals surface area contributed by atoms with Gasteiger partial charge in [-0.05, 0) is 37.6 Å². The van der Waals surface area contributed by atoms with E-state index >= 15 is 0 Å². The fraction of sp³-hybridized carbons (Fsp3) is 0.346. The molecule has 0 saturated heterocycles. The Hall–Kier alpha value is -4.34. The molecule has 0 bridgehead atoms. The van der Waals surface area contributed by atoms with E-state index in [1.165, 1.54) is 6.07 Å². The lowest BCUT2D eigenvalue weighted by Crippen LogP contribution is -2.23. The Morgan fingerprint density at radius 3 is 2.87 bits per heavy atom. The van der Waals surface area contributed by atoms with Crippen molar-refractivity contribution >= 4 is 40.1 Å². The fourth-order valence-electron chi connectivity index (χ4n) is 4.66. The normalized spacial score (nSPS) is 13.8. The van der Waals surface area contributed by atoms with Crippen molar-refractivity contribution in [1.82, 2.24) is 29.7 Å². The van der Waals surface area contributed by atoms with Crippen LogP contribution in [0.3, 0.4) is 0 Å². The smallest absolute Gasteiger partial charge is 0.356 e. The largest absolute Gasteiger partial charge is 0.476 e. The Morgan fingerprint density at radius 2 is 2.10 bits per heavy atom. The molecule has 1 aliphatic rings. The first kappa shape index (κ1) is 26.3. The van der Waals surface area contributed by atoms with E-state index in [2.05, 4.69) is 31.6 Å². The number of halogens is 1. The number of aromatic carboxylic acids is 1. The molecule has 200 valence electrons. The predicted molar refractivity (Wildman–Crippen MR) is 144 cm³/mol. The number of hydrogen-bond acceptors (Lipinski definition) is 10. The summed E-state index contributed by atoms with van der Waals surface area (Å²) in [5.41, 5.74) is 3.20. The lowest BCUT2D eigenvalue weighted by atomic mass is 10.0. The van der Waals surface area contributed by atoms with E-state index in [-0.39, 0.29) is 22.6 Å². The van der Waals surface area contributed by atoms with Crippen molar-refractivity contribution in [2.45, 2.75) is 39.4 Å². The highest BCUT2D eigenvalue weighted by Crippen LogP contribution is 2.30. The summed E-state index contributed by atoms with van der Waals surface area (Å²) in [4.78, 5) is 27.1. The van der Waals surface area contributed by atoms with Gasteiger partial charge in [-0.15, -0.1) is 10.2 Å². The predicted octanol–water partition coefficient (Wildman–Crippen LogP) is 3.53. The molecular weight excluding hydrogens is 522 g/mol. The van der Waals surface area contributed by atoms with E-state index in [0.717, 1.165) is 22.8 Å². The van der Waals surface area contributed by atoms with E-state index < -0.39 is 5.97 Å². The molecule has 0 radical (unpaired) electrons. The first-order chi connectivity index (χ1) is 18.7. The van der Waals surface area contributed by atoms with Crippen molar-refractivity contribution in [3.05, 3.63) is 63.6 Å². The summed E-state index contributed by atoms with van der Waals surface area (Å²) >= 11 is 5.92. The minimum Gasteiger partial charge on any atom is -0.476 e. The zero-order chi connectivity index (χ0) is 27.7. The summed E-state index contributed by atoms with van der Waals surface area (Å²) in [6.45, 7) is 6.04. The first-order valence-electron chi connectivity index (χ1n) is 12.3. The van der Waals surface area contributed by atoms with Crippen molar-refractivity contribution in [2.24, 2.45) is 0 Å². The van der Waals surface area contributed by atoms with Gasteiger partial charge in [0.25, 0.3) is 0 Å². The molecule has 5 rings (SSSR count). The van der Waals surface area contributed by atoms with Crippen molar-refractivity contribution in [2.75, 3.05) is 30.5 Å². The second-order valence-corrected chi connectivity index (χ2v) is 9.72. The van der Waals surface area contributed by atoms with Gasteiger partial charge < -0.3 is 24.6 Å². The minimum absolute atomic E-state index is 0.0891. The molecule has 1 atom stereocenters. The maximum atomic E-state index is 11.7. The van der Waals surface area contributed by atoms with Gasteiger partial charge in [0.05, 0.1) is 42.5 Å². The van der Waals surface area contributed by atoms with Crippen LogP contribution >= 0.6 is 11.6 Å². The number of carbonyl (C=O) groups is 1. The van der Waals surface area contributed by atoms with E-state index in [9.17, 15) is 15.2 Å². The monoisotopic (exact) mass is 547 g/mol. The lowest BCUT2D eigenvalue weighted by molar-refractivity contribution is 0.0691. The van der Waals surface area contributed by atoms with E-state index in [1.54, 1.807) is 6.07 Å². The summed E-state index contributed by atoms with van der Waals surface area (Å²) < 4.78 is 7.61. The molecular formula is C26H26ClN9O3. The first-order valence-corrected chi connectivity index (χ1v) is 12.7. The minimum atomic E-state index is -1.19. The molecule has 0 spiro atoms. The quantitative estimate of drug-likeness (QED) is 0.326. The van der Waals surface area contributed by atoms with Crippen molar-refractivity contribution in [1.29, 1.82) is 5.26 Å². The number of hydrogen-bond donors (Lipinski definition) is 2. The SMILES string of the molecule is Cc1cc([C@@H](C)Nc2ccc(Cl)nc2C(=O)O)c2nc(N(C)Cc3nnc4n3CCOCC4)c(C#N)nc2c1. The number of benzene rings is 1. The molecule has 3 aromatic heterocycles. The Kier molecular flexibility index (Phi) is 7.28. The summed E-state index contributed by atoms with van der Waals surface area (Å²) in [6.07, 6.45) is 0.691. The highest BCUT2D eigenvalue weighted by Gasteiger charge is 2.22. The lowest BCUT2D eigenvalue weighted by Gasteiger charge is -2.22. The molecule has 0 saturated carbocycles. The van der Waals surface area contributed by atoms with Gasteiger partial charge in [0.1, 0.15) is 17.0 Å². The van der Waals surface area contributed by atoms with Gasteiger partial charge in [0, 0.05) is 25.6 Å². The summed E-state index contributed by atoms with van der Waals surface area (Å²) in [7, 11) is 1.83. The molecule has 12 nitrogen and oxygen atoms in total. The number of carboxylic acid groups (broad SMARTS) is 1. The second-order valence-electron chi connectivity index (χ2n) is 9.33. The maximum Gasteiger partial charge on any atom is 0.356 e. The molecule has 4 heterocycles. The number of aryl methyl sites for hydroxylation is 1. The van der Waals surface area contributed by atoms with Crippen LogP contribution in [0.15, 0.2) is 24.3 Å². The van der Waals surface area contributed by atoms with Gasteiger partial charge in [-0.25, -0.2) is 19.7 Å². The Bertz CT molecular complexity index is 1610. The van der Waals surface area contributed by atoms with Crippen LogP contribution in [0.2, 0.25) is 5.15 Å². The van der Waals surface area contributed by atoms with Gasteiger partial charge in [-0.3, -0.25) is 0 Å². The van der Waals surface area contributed by atoms with Crippen LogP contribution in [0.1, 0.15) is 51.9 Å². The Balaban J connectivity index is 1.53. The summed E-state index contributed by atoms with van der Waals surface area (Å²) in [6, 6.07) is 8.74. The molecule has 0 fully saturated rings. The van der Waals surface area contributed by atoms with Crippen LogP contribution in [0.5, 0.6) is 0 Å². The number of aromatic nitrogens is 6. The van der Waals surface area contributed by atoms with Gasteiger partial charge in [-0.1, -0.05) is 17.7 Å². The third-order valence-electron chi connectivity index (χ3n) is 6.51. The van der Waals surface area contributed by atoms with Crippen LogP contribution in [0.4, 0.5) is 11.5 Å². The number of rotatable bonds is 7. The molecule has 2 N–H and O–H groups in total. The van der Waals surface area contributed by atoms with Crippen LogP contribution < -0.4 is 10.2 Å². The number of nitrogens with zero attached hydrogens (tertiary/aromatic N) is 8. The summed E-state index contributed by atoms with van der Waals surface area (Å²) in [5, 5.41) is 31.5. The molecule has 13 heteroatoms. The second kappa shape index (κ2) is 10.8. The number of nitrogens with one attached hydrogen (secondary N) is 1. The van der Waals surface area contributed by atoms with Gasteiger partial charge in [0.15, 0.2) is 23.0 Å². The fourth-order valence-corrected chi connectivity index (χ4v) is 4.81. The van der Waals surface area contributed by atoms with Gasteiger partial charge in [0.2, 0.25) is 0 Å². The maximum absolute atomic E-state index is 11.7. The number of anilines is 2. The standard InChI is InChI=1S/C26H26ClN9O3/c1-14-10-16(15(2)29-17-4-5-20(27)31-24(17)26(37)38)23-18(11-14)30-19(12-28)25(32-23)35(3)13-22-34-33-21-6-8-39-9-7-36(21)22/h4-5,10-11,15,29H,6-9,13H2,1-3H3,(H,37,38)/t15-/m1/s1. The van der Waals surface area contributed by atoms with Crippen LogP contribution in [-0.2, 0) is 24.2 Å². The van der Waals surface area contributed by atoms with Crippen molar-refractivity contribution in [3.8, 4) is 6.07 Å². The molecule has 0 amide bonds. The van der Waals surface area contributed by atoms with Crippen molar-refractivity contribution in [3.63, 3.8) is 0 Å². The molecule has 1 aromatic carbocycles.